The van der Waals surface area contributed by atoms with Crippen LogP contribution in [0.4, 0.5) is 4.79 Å². The third-order valence-corrected chi connectivity index (χ3v) is 0. The summed E-state index contributed by atoms with van der Waals surface area (Å²) < 4.78 is 0. The van der Waals surface area contributed by atoms with Gasteiger partial charge in [0.15, 0.2) is 0 Å². The van der Waals surface area contributed by atoms with Crippen molar-refractivity contribution in [3.8, 4) is 6.26 Å². The summed E-state index contributed by atoms with van der Waals surface area (Å²) in [5, 5.41) is 28.9. The molecule has 8 heavy (non-hydrogen) atoms. The third-order valence-electron chi connectivity index (χ3n) is 0. The summed E-state index contributed by atoms with van der Waals surface area (Å²) in [6.07, 6.45) is -1.33. The van der Waals surface area contributed by atoms with Crippen LogP contribution in [0.5, 0.6) is 0 Å². The Bertz CT molecular complexity index is 82.5. The van der Waals surface area contributed by atoms with Crippen molar-refractivity contribution in [3.63, 3.8) is 0 Å². The average molecular weight is 127 g/mol. The maximum absolute atomic E-state index is 8.56. The van der Waals surface area contributed by atoms with Crippen LogP contribution in [0, 0.1) is 11.5 Å². The summed E-state index contributed by atoms with van der Waals surface area (Å²) in [6, 6.07) is 0. The second-order valence-corrected chi connectivity index (χ2v) is 0.374. The summed E-state index contributed by atoms with van der Waals surface area (Å²) in [4.78, 5) is 8.56. The van der Waals surface area contributed by atoms with Crippen molar-refractivity contribution in [1.82, 2.24) is 0 Å². The maximum Gasteiger partial charge on any atom is 1.00 e. The fourth-order valence-corrected chi connectivity index (χ4v) is 0. The molecule has 0 saturated heterocycles. The van der Waals surface area contributed by atoms with E-state index in [-0.39, 0.29) is 29.6 Å². The number of hydrogen-bond acceptors (Lipinski definition) is 3. The van der Waals surface area contributed by atoms with E-state index in [4.69, 9.17) is 25.4 Å². The zero-order valence-electron chi connectivity index (χ0n) is 4.16. The predicted octanol–water partition coefficient (Wildman–Crippen LogP) is -3.95. The zero-order valence-corrected chi connectivity index (χ0v) is 6.16. The molecule has 0 atom stereocenters. The van der Waals surface area contributed by atoms with Gasteiger partial charge in [0.25, 0.3) is 0 Å². The summed E-state index contributed by atoms with van der Waals surface area (Å²) in [5.41, 5.74) is 0. The number of carbonyl (C=O) groups is 1. The minimum atomic E-state index is -1.83. The molecule has 40 valence electrons. The van der Waals surface area contributed by atoms with Gasteiger partial charge in [0.05, 0.1) is 0 Å². The van der Waals surface area contributed by atoms with Crippen LogP contribution in [0.1, 0.15) is 0 Å². The van der Waals surface area contributed by atoms with Crippen LogP contribution in [0.3, 0.4) is 0 Å². The molecule has 0 spiro atoms. The third kappa shape index (κ3) is 597. The van der Waals surface area contributed by atoms with E-state index in [9.17, 15) is 0 Å². The van der Waals surface area contributed by atoms with Crippen molar-refractivity contribution < 1.29 is 49.7 Å². The van der Waals surface area contributed by atoms with Crippen LogP contribution >= 0.6 is 0 Å². The molecule has 0 rings (SSSR count). The number of rotatable bonds is 0. The van der Waals surface area contributed by atoms with Gasteiger partial charge in [-0.3, -0.25) is 0 Å². The van der Waals surface area contributed by atoms with E-state index in [1.54, 1.807) is 0 Å². The Labute approximate surface area is 67.5 Å². The molecule has 0 aromatic rings. The summed E-state index contributed by atoms with van der Waals surface area (Å²) in [7, 11) is 0. The molecular weight excluding hydrogens is 125 g/mol. The fourth-order valence-electron chi connectivity index (χ4n) is 0. The Balaban J connectivity index is -0.0000000575. The maximum atomic E-state index is 8.56. The molecule has 0 aromatic heterocycles. The second-order valence-electron chi connectivity index (χ2n) is 0.374. The van der Waals surface area contributed by atoms with Gasteiger partial charge in [-0.25, -0.2) is 10.1 Å². The molecule has 5 nitrogen and oxygen atoms in total. The van der Waals surface area contributed by atoms with Gasteiger partial charge in [-0.05, 0) is 0 Å². The molecule has 0 aliphatic carbocycles. The second kappa shape index (κ2) is 16.0. The molecule has 0 aliphatic heterocycles. The quantitative estimate of drug-likeness (QED) is 0.255. The molecular formula is C2H2NNaO4. The van der Waals surface area contributed by atoms with E-state index in [0.717, 1.165) is 0 Å². The van der Waals surface area contributed by atoms with Gasteiger partial charge in [-0.1, -0.05) is 0 Å². The first-order valence-corrected chi connectivity index (χ1v) is 1.08. The molecule has 0 radical (unpaired) electrons. The van der Waals surface area contributed by atoms with E-state index in [1.165, 1.54) is 0 Å². The molecule has 0 amide bonds. The Morgan fingerprint density at radius 2 is 1.62 bits per heavy atom. The minimum absolute atomic E-state index is 0. The normalized spacial score (nSPS) is 3.88. The Morgan fingerprint density at radius 3 is 1.62 bits per heavy atom. The first kappa shape index (κ1) is 15.6. The standard InChI is InChI=1S/CHNO.CH2O3.Na/c2-1-3;2-1(3)4;/h3H;(H2,2,3,4);/q;;+1/p-1. The minimum Gasteiger partial charge on any atom is -0.812 e. The number of nitriles is 1. The molecule has 6 heteroatoms. The summed E-state index contributed by atoms with van der Waals surface area (Å²) in [6.45, 7) is 0. The van der Waals surface area contributed by atoms with Crippen LogP contribution in [0.15, 0.2) is 0 Å². The molecule has 2 N–H and O–H groups in total. The largest absolute Gasteiger partial charge is 1.00 e. The number of hydrogen-bond donors (Lipinski definition) is 2. The molecule has 0 bridgehead atoms. The van der Waals surface area contributed by atoms with Gasteiger partial charge < -0.3 is 15.3 Å². The molecule has 0 aromatic carbocycles. The predicted molar refractivity (Wildman–Crippen MR) is 16.3 cm³/mol. The zero-order chi connectivity index (χ0) is 6.28. The van der Waals surface area contributed by atoms with E-state index in [2.05, 4.69) is 0 Å². The van der Waals surface area contributed by atoms with Crippen LogP contribution in [-0.2, 0) is 0 Å². The van der Waals surface area contributed by atoms with Crippen LogP contribution in [-0.4, -0.2) is 16.4 Å². The van der Waals surface area contributed by atoms with Gasteiger partial charge in [0, 0.05) is 6.26 Å². The van der Waals surface area contributed by atoms with Gasteiger partial charge in [0.2, 0.25) is 0 Å². The SMILES string of the molecule is N#C[O-].O=C(O)O.[Na+]. The van der Waals surface area contributed by atoms with Crippen molar-refractivity contribution in [1.29, 1.82) is 5.26 Å². The van der Waals surface area contributed by atoms with Crippen molar-refractivity contribution in [2.75, 3.05) is 0 Å². The average Bonchev–Trinajstić information content (AvgIpc) is 1.33. The number of nitrogens with zero attached hydrogens (tertiary/aromatic N) is 1. The topological polar surface area (TPSA) is 104 Å². The van der Waals surface area contributed by atoms with Gasteiger partial charge in [-0.2, -0.15) is 0 Å². The monoisotopic (exact) mass is 127 g/mol. The fraction of sp³-hybridized carbons (Fsp3) is 0. The van der Waals surface area contributed by atoms with Crippen molar-refractivity contribution in [2.45, 2.75) is 0 Å². The Kier molecular flexibility index (Phi) is 31.3. The van der Waals surface area contributed by atoms with Crippen LogP contribution in [0.2, 0.25) is 0 Å². The van der Waals surface area contributed by atoms with E-state index >= 15 is 0 Å². The molecule has 0 heterocycles. The Hall–Kier alpha value is -0.440. The van der Waals surface area contributed by atoms with Crippen molar-refractivity contribution >= 4 is 6.16 Å². The van der Waals surface area contributed by atoms with Gasteiger partial charge in [0.1, 0.15) is 0 Å². The van der Waals surface area contributed by atoms with E-state index in [1.807, 2.05) is 0 Å². The van der Waals surface area contributed by atoms with Crippen molar-refractivity contribution in [2.24, 2.45) is 0 Å². The van der Waals surface area contributed by atoms with E-state index < -0.39 is 6.16 Å². The van der Waals surface area contributed by atoms with Gasteiger partial charge in [-0.15, -0.1) is 0 Å². The Morgan fingerprint density at radius 1 is 1.62 bits per heavy atom. The smallest absolute Gasteiger partial charge is 0.812 e. The van der Waals surface area contributed by atoms with Gasteiger partial charge >= 0.3 is 35.7 Å². The molecule has 0 saturated carbocycles. The van der Waals surface area contributed by atoms with Crippen molar-refractivity contribution in [3.05, 3.63) is 0 Å². The summed E-state index contributed by atoms with van der Waals surface area (Å²) >= 11 is 0. The van der Waals surface area contributed by atoms with Crippen LogP contribution < -0.4 is 34.7 Å². The molecule has 0 fully saturated rings. The first-order chi connectivity index (χ1) is 3.15. The summed E-state index contributed by atoms with van der Waals surface area (Å²) in [5.74, 6) is 0. The number of carboxylic acid groups (broad SMARTS) is 2. The van der Waals surface area contributed by atoms with Crippen LogP contribution in [0.25, 0.3) is 0 Å². The molecule has 0 unspecified atom stereocenters. The van der Waals surface area contributed by atoms with E-state index in [0.29, 0.717) is 6.26 Å². The molecule has 0 aliphatic rings. The first-order valence-electron chi connectivity index (χ1n) is 1.08.